The summed E-state index contributed by atoms with van der Waals surface area (Å²) in [6.07, 6.45) is -0.483. The summed E-state index contributed by atoms with van der Waals surface area (Å²) >= 11 is 0. The number of aliphatic hydroxyl groups excluding tert-OH is 1. The Morgan fingerprint density at radius 3 is 2.47 bits per heavy atom. The Hall–Kier alpha value is -1.56. The molecule has 2 N–H and O–H groups in total. The first kappa shape index (κ1) is 13.5. The van der Waals surface area contributed by atoms with Crippen molar-refractivity contribution in [3.63, 3.8) is 0 Å². The zero-order valence-corrected chi connectivity index (χ0v) is 9.14. The van der Waals surface area contributed by atoms with Gasteiger partial charge in [-0.05, 0) is 13.3 Å². The van der Waals surface area contributed by atoms with Crippen LogP contribution in [0.2, 0.25) is 0 Å². The van der Waals surface area contributed by atoms with Crippen LogP contribution in [0.3, 0.4) is 0 Å². The molecule has 0 aromatic heterocycles. The van der Waals surface area contributed by atoms with Gasteiger partial charge in [0.15, 0.2) is 11.6 Å². The Kier molecular flexibility index (Phi) is 4.51. The Bertz CT molecular complexity index is 421. The Morgan fingerprint density at radius 1 is 1.29 bits per heavy atom. The smallest absolute Gasteiger partial charge is 0.224 e. The summed E-state index contributed by atoms with van der Waals surface area (Å²) in [6, 6.07) is 0.935. The van der Waals surface area contributed by atoms with Crippen molar-refractivity contribution in [1.82, 2.24) is 0 Å². The van der Waals surface area contributed by atoms with E-state index in [1.165, 1.54) is 6.92 Å². The standard InChI is InChI=1S/C11H12F3NO2/c1-6(16)2-3-11(17)15-10-5-8(13)7(12)4-9(10)14/h4-6,16H,2-3H2,1H3,(H,15,17). The molecular weight excluding hydrogens is 235 g/mol. The van der Waals surface area contributed by atoms with Crippen molar-refractivity contribution in [2.24, 2.45) is 0 Å². The minimum Gasteiger partial charge on any atom is -0.393 e. The van der Waals surface area contributed by atoms with Gasteiger partial charge in [0.1, 0.15) is 5.82 Å². The van der Waals surface area contributed by atoms with E-state index in [1.54, 1.807) is 0 Å². The zero-order valence-electron chi connectivity index (χ0n) is 9.14. The number of carbonyl (C=O) groups excluding carboxylic acids is 1. The van der Waals surface area contributed by atoms with E-state index in [4.69, 9.17) is 5.11 Å². The van der Waals surface area contributed by atoms with Crippen molar-refractivity contribution in [1.29, 1.82) is 0 Å². The second-order valence-electron chi connectivity index (χ2n) is 3.68. The van der Waals surface area contributed by atoms with Crippen LogP contribution in [0.15, 0.2) is 12.1 Å². The molecule has 17 heavy (non-hydrogen) atoms. The molecule has 0 saturated carbocycles. The molecule has 1 rings (SSSR count). The fourth-order valence-corrected chi connectivity index (χ4v) is 1.17. The van der Waals surface area contributed by atoms with Crippen molar-refractivity contribution >= 4 is 11.6 Å². The second kappa shape index (κ2) is 5.67. The number of hydrogen-bond acceptors (Lipinski definition) is 2. The third-order valence-corrected chi connectivity index (χ3v) is 2.07. The molecule has 94 valence electrons. The number of carbonyl (C=O) groups is 1. The van der Waals surface area contributed by atoms with Gasteiger partial charge < -0.3 is 10.4 Å². The van der Waals surface area contributed by atoms with Gasteiger partial charge in [-0.25, -0.2) is 13.2 Å². The van der Waals surface area contributed by atoms with Gasteiger partial charge in [0.05, 0.1) is 11.8 Å². The van der Waals surface area contributed by atoms with Crippen LogP contribution in [0, 0.1) is 17.5 Å². The van der Waals surface area contributed by atoms with Gasteiger partial charge in [-0.3, -0.25) is 4.79 Å². The monoisotopic (exact) mass is 247 g/mol. The van der Waals surface area contributed by atoms with E-state index >= 15 is 0 Å². The summed E-state index contributed by atoms with van der Waals surface area (Å²) in [5.41, 5.74) is -0.417. The highest BCUT2D eigenvalue weighted by atomic mass is 19.2. The van der Waals surface area contributed by atoms with Crippen LogP contribution in [-0.4, -0.2) is 17.1 Å². The fraction of sp³-hybridized carbons (Fsp3) is 0.364. The normalized spacial score (nSPS) is 12.3. The zero-order chi connectivity index (χ0) is 13.0. The summed E-state index contributed by atoms with van der Waals surface area (Å²) in [4.78, 5) is 11.3. The molecule has 1 atom stereocenters. The second-order valence-corrected chi connectivity index (χ2v) is 3.68. The summed E-state index contributed by atoms with van der Waals surface area (Å²) in [5, 5.41) is 11.0. The third kappa shape index (κ3) is 4.07. The molecule has 0 aliphatic heterocycles. The maximum absolute atomic E-state index is 13.1. The highest BCUT2D eigenvalue weighted by molar-refractivity contribution is 5.90. The SMILES string of the molecule is CC(O)CCC(=O)Nc1cc(F)c(F)cc1F. The summed E-state index contributed by atoms with van der Waals surface area (Å²) < 4.78 is 38.5. The first-order chi connectivity index (χ1) is 7.90. The number of halogens is 3. The molecular formula is C11H12F3NO2. The van der Waals surface area contributed by atoms with E-state index in [-0.39, 0.29) is 12.8 Å². The maximum atomic E-state index is 13.1. The topological polar surface area (TPSA) is 49.3 Å². The largest absolute Gasteiger partial charge is 0.393 e. The molecule has 0 saturated heterocycles. The molecule has 0 radical (unpaired) electrons. The first-order valence-electron chi connectivity index (χ1n) is 5.02. The summed E-state index contributed by atoms with van der Waals surface area (Å²) in [5.74, 6) is -4.17. The average Bonchev–Trinajstić information content (AvgIpc) is 2.23. The summed E-state index contributed by atoms with van der Waals surface area (Å²) in [7, 11) is 0. The van der Waals surface area contributed by atoms with Crippen LogP contribution in [0.5, 0.6) is 0 Å². The molecule has 1 amide bonds. The van der Waals surface area contributed by atoms with E-state index in [1.807, 2.05) is 0 Å². The van der Waals surface area contributed by atoms with Gasteiger partial charge in [-0.15, -0.1) is 0 Å². The van der Waals surface area contributed by atoms with Gasteiger partial charge in [0, 0.05) is 18.6 Å². The van der Waals surface area contributed by atoms with Crippen LogP contribution < -0.4 is 5.32 Å². The highest BCUT2D eigenvalue weighted by Crippen LogP contribution is 2.18. The van der Waals surface area contributed by atoms with Crippen molar-refractivity contribution in [2.75, 3.05) is 5.32 Å². The number of hydrogen-bond donors (Lipinski definition) is 2. The van der Waals surface area contributed by atoms with E-state index in [0.29, 0.717) is 12.1 Å². The van der Waals surface area contributed by atoms with Gasteiger partial charge >= 0.3 is 0 Å². The Balaban J connectivity index is 2.68. The molecule has 0 heterocycles. The minimum absolute atomic E-state index is 0.0316. The molecule has 0 aliphatic rings. The predicted molar refractivity (Wildman–Crippen MR) is 55.9 cm³/mol. The first-order valence-corrected chi connectivity index (χ1v) is 5.02. The number of amides is 1. The Labute approximate surface area is 96.3 Å². The minimum atomic E-state index is -1.32. The lowest BCUT2D eigenvalue weighted by atomic mass is 10.2. The van der Waals surface area contributed by atoms with Crippen molar-refractivity contribution < 1.29 is 23.1 Å². The number of aliphatic hydroxyl groups is 1. The van der Waals surface area contributed by atoms with Crippen LogP contribution in [0.4, 0.5) is 18.9 Å². The van der Waals surface area contributed by atoms with Crippen LogP contribution in [0.25, 0.3) is 0 Å². The highest BCUT2D eigenvalue weighted by Gasteiger charge is 2.12. The number of rotatable bonds is 4. The van der Waals surface area contributed by atoms with Crippen LogP contribution in [0.1, 0.15) is 19.8 Å². The van der Waals surface area contributed by atoms with Crippen LogP contribution in [-0.2, 0) is 4.79 Å². The average molecular weight is 247 g/mol. The molecule has 1 aromatic carbocycles. The van der Waals surface area contributed by atoms with Crippen molar-refractivity contribution in [3.05, 3.63) is 29.6 Å². The lowest BCUT2D eigenvalue weighted by Gasteiger charge is -2.07. The third-order valence-electron chi connectivity index (χ3n) is 2.07. The maximum Gasteiger partial charge on any atom is 0.224 e. The number of nitrogens with one attached hydrogen (secondary N) is 1. The number of benzene rings is 1. The Morgan fingerprint density at radius 2 is 1.88 bits per heavy atom. The van der Waals surface area contributed by atoms with Gasteiger partial charge in [-0.1, -0.05) is 0 Å². The van der Waals surface area contributed by atoms with Gasteiger partial charge in [0.2, 0.25) is 5.91 Å². The van der Waals surface area contributed by atoms with Crippen LogP contribution >= 0.6 is 0 Å². The molecule has 1 aromatic rings. The molecule has 1 unspecified atom stereocenters. The van der Waals surface area contributed by atoms with E-state index in [0.717, 1.165) is 0 Å². The lowest BCUT2D eigenvalue weighted by molar-refractivity contribution is -0.116. The van der Waals surface area contributed by atoms with E-state index in [2.05, 4.69) is 5.32 Å². The molecule has 0 fully saturated rings. The molecule has 3 nitrogen and oxygen atoms in total. The lowest BCUT2D eigenvalue weighted by Crippen LogP contribution is -2.15. The van der Waals surface area contributed by atoms with Gasteiger partial charge in [-0.2, -0.15) is 0 Å². The fourth-order valence-electron chi connectivity index (χ4n) is 1.17. The van der Waals surface area contributed by atoms with Crippen molar-refractivity contribution in [2.45, 2.75) is 25.9 Å². The molecule has 0 aliphatic carbocycles. The van der Waals surface area contributed by atoms with E-state index < -0.39 is 35.2 Å². The summed E-state index contributed by atoms with van der Waals surface area (Å²) in [6.45, 7) is 1.51. The van der Waals surface area contributed by atoms with Gasteiger partial charge in [0.25, 0.3) is 0 Å². The van der Waals surface area contributed by atoms with Crippen molar-refractivity contribution in [3.8, 4) is 0 Å². The quantitative estimate of drug-likeness (QED) is 0.801. The molecule has 0 spiro atoms. The predicted octanol–water partition coefficient (Wildman–Crippen LogP) is 2.20. The molecule has 0 bridgehead atoms. The number of anilines is 1. The molecule has 6 heteroatoms. The van der Waals surface area contributed by atoms with E-state index in [9.17, 15) is 18.0 Å².